The molecule has 0 bridgehead atoms. The van der Waals surface area contributed by atoms with E-state index in [9.17, 15) is 0 Å². The first kappa shape index (κ1) is 13.1. The van der Waals surface area contributed by atoms with E-state index in [1.165, 1.54) is 22.3 Å². The predicted octanol–water partition coefficient (Wildman–Crippen LogP) is 1.95. The first-order valence-corrected chi connectivity index (χ1v) is 6.08. The Kier molecular flexibility index (Phi) is 3.55. The van der Waals surface area contributed by atoms with Gasteiger partial charge in [-0.15, -0.1) is 0 Å². The van der Waals surface area contributed by atoms with Gasteiger partial charge in [0.25, 0.3) is 0 Å². The molecule has 0 amide bonds. The number of oxime groups is 1. The predicted molar refractivity (Wildman–Crippen MR) is 74.5 cm³/mol. The van der Waals surface area contributed by atoms with E-state index in [0.717, 1.165) is 0 Å². The quantitative estimate of drug-likeness (QED) is 0.382. The third-order valence-electron chi connectivity index (χ3n) is 3.22. The minimum atomic E-state index is 0.0208. The average molecular weight is 258 g/mol. The van der Waals surface area contributed by atoms with Crippen LogP contribution >= 0.6 is 0 Å². The van der Waals surface area contributed by atoms with Gasteiger partial charge in [-0.05, 0) is 37.5 Å². The Morgan fingerprint density at radius 1 is 1.32 bits per heavy atom. The van der Waals surface area contributed by atoms with Crippen LogP contribution in [0.2, 0.25) is 0 Å². The second-order valence-electron chi connectivity index (χ2n) is 4.74. The normalized spacial score (nSPS) is 11.8. The lowest BCUT2D eigenvalue weighted by atomic mass is 10.00. The fourth-order valence-corrected chi connectivity index (χ4v) is 2.34. The molecular formula is C14H18N4O. The summed E-state index contributed by atoms with van der Waals surface area (Å²) in [6.07, 6.45) is 3.47. The Morgan fingerprint density at radius 3 is 2.53 bits per heavy atom. The summed E-state index contributed by atoms with van der Waals surface area (Å²) >= 11 is 0. The second-order valence-corrected chi connectivity index (χ2v) is 4.74. The summed E-state index contributed by atoms with van der Waals surface area (Å²) in [6, 6.07) is 4.31. The Balaban J connectivity index is 2.40. The van der Waals surface area contributed by atoms with Crippen molar-refractivity contribution in [2.45, 2.75) is 27.3 Å². The lowest BCUT2D eigenvalue weighted by Gasteiger charge is -2.13. The zero-order valence-corrected chi connectivity index (χ0v) is 11.4. The molecule has 0 fully saturated rings. The van der Waals surface area contributed by atoms with Crippen LogP contribution in [-0.2, 0) is 6.54 Å². The first-order valence-electron chi connectivity index (χ1n) is 6.08. The van der Waals surface area contributed by atoms with Gasteiger partial charge in [0, 0.05) is 18.9 Å². The zero-order valence-electron chi connectivity index (χ0n) is 11.4. The third kappa shape index (κ3) is 2.59. The van der Waals surface area contributed by atoms with Crippen molar-refractivity contribution in [1.29, 1.82) is 0 Å². The van der Waals surface area contributed by atoms with E-state index in [1.807, 2.05) is 10.8 Å². The van der Waals surface area contributed by atoms with Crippen molar-refractivity contribution in [2.75, 3.05) is 0 Å². The molecule has 0 aliphatic rings. The highest BCUT2D eigenvalue weighted by atomic mass is 16.4. The molecule has 19 heavy (non-hydrogen) atoms. The molecule has 1 aromatic carbocycles. The standard InChI is InChI=1S/C14H18N4O/c1-9-6-10(2)12(11(3)7-9)8-18-5-4-16-14(18)13(15)17-19/h4-7,19H,8H2,1-3H3,(H2,15,17). The molecule has 0 atom stereocenters. The molecular weight excluding hydrogens is 240 g/mol. The Morgan fingerprint density at radius 2 is 1.95 bits per heavy atom. The van der Waals surface area contributed by atoms with E-state index >= 15 is 0 Å². The molecule has 0 spiro atoms. The number of hydrogen-bond acceptors (Lipinski definition) is 3. The number of amidine groups is 1. The highest BCUT2D eigenvalue weighted by Crippen LogP contribution is 2.18. The largest absolute Gasteiger partial charge is 0.409 e. The van der Waals surface area contributed by atoms with E-state index in [-0.39, 0.29) is 5.84 Å². The second kappa shape index (κ2) is 5.14. The van der Waals surface area contributed by atoms with Crippen LogP contribution in [0.25, 0.3) is 0 Å². The van der Waals surface area contributed by atoms with Gasteiger partial charge in [-0.2, -0.15) is 0 Å². The summed E-state index contributed by atoms with van der Waals surface area (Å²) < 4.78 is 1.87. The van der Waals surface area contributed by atoms with Gasteiger partial charge in [0.15, 0.2) is 5.82 Å². The van der Waals surface area contributed by atoms with E-state index in [0.29, 0.717) is 12.4 Å². The Hall–Kier alpha value is -2.30. The molecule has 0 radical (unpaired) electrons. The number of aromatic nitrogens is 2. The lowest BCUT2D eigenvalue weighted by molar-refractivity contribution is 0.318. The molecule has 5 heteroatoms. The van der Waals surface area contributed by atoms with Crippen molar-refractivity contribution in [1.82, 2.24) is 9.55 Å². The number of nitrogens with two attached hydrogens (primary N) is 1. The van der Waals surface area contributed by atoms with Crippen molar-refractivity contribution >= 4 is 5.84 Å². The van der Waals surface area contributed by atoms with Gasteiger partial charge in [0.1, 0.15) is 0 Å². The fourth-order valence-electron chi connectivity index (χ4n) is 2.34. The monoisotopic (exact) mass is 258 g/mol. The molecule has 1 heterocycles. The van der Waals surface area contributed by atoms with Gasteiger partial charge in [-0.3, -0.25) is 0 Å². The van der Waals surface area contributed by atoms with Crippen molar-refractivity contribution < 1.29 is 5.21 Å². The maximum absolute atomic E-state index is 8.75. The molecule has 100 valence electrons. The first-order chi connectivity index (χ1) is 9.02. The fraction of sp³-hybridized carbons (Fsp3) is 0.286. The minimum Gasteiger partial charge on any atom is -0.409 e. The maximum Gasteiger partial charge on any atom is 0.206 e. The number of imidazole rings is 1. The van der Waals surface area contributed by atoms with Gasteiger partial charge in [0.2, 0.25) is 5.84 Å². The van der Waals surface area contributed by atoms with E-state index < -0.39 is 0 Å². The lowest BCUT2D eigenvalue weighted by Crippen LogP contribution is -2.20. The van der Waals surface area contributed by atoms with Crippen LogP contribution in [0.5, 0.6) is 0 Å². The summed E-state index contributed by atoms with van der Waals surface area (Å²) in [6.45, 7) is 6.93. The number of aryl methyl sites for hydroxylation is 3. The van der Waals surface area contributed by atoms with Crippen LogP contribution in [0.3, 0.4) is 0 Å². The third-order valence-corrected chi connectivity index (χ3v) is 3.22. The van der Waals surface area contributed by atoms with Crippen LogP contribution in [-0.4, -0.2) is 20.6 Å². The molecule has 0 aliphatic carbocycles. The van der Waals surface area contributed by atoms with Crippen molar-refractivity contribution in [3.8, 4) is 0 Å². The van der Waals surface area contributed by atoms with Crippen molar-refractivity contribution in [3.63, 3.8) is 0 Å². The van der Waals surface area contributed by atoms with Crippen molar-refractivity contribution in [3.05, 3.63) is 52.6 Å². The van der Waals surface area contributed by atoms with Crippen molar-refractivity contribution in [2.24, 2.45) is 10.9 Å². The van der Waals surface area contributed by atoms with E-state index in [1.54, 1.807) is 6.20 Å². The number of rotatable bonds is 3. The zero-order chi connectivity index (χ0) is 14.0. The summed E-state index contributed by atoms with van der Waals surface area (Å²) in [5.74, 6) is 0.495. The molecule has 2 aromatic rings. The highest BCUT2D eigenvalue weighted by Gasteiger charge is 2.11. The molecule has 0 saturated heterocycles. The summed E-state index contributed by atoms with van der Waals surface area (Å²) in [5.41, 5.74) is 10.6. The van der Waals surface area contributed by atoms with Gasteiger partial charge in [0.05, 0.1) is 0 Å². The van der Waals surface area contributed by atoms with Crippen LogP contribution in [0.15, 0.2) is 29.7 Å². The Labute approximate surface area is 112 Å². The summed E-state index contributed by atoms with van der Waals surface area (Å²) in [7, 11) is 0. The molecule has 0 aliphatic heterocycles. The average Bonchev–Trinajstić information content (AvgIpc) is 2.80. The highest BCUT2D eigenvalue weighted by molar-refractivity contribution is 5.93. The van der Waals surface area contributed by atoms with Crippen LogP contribution < -0.4 is 5.73 Å². The van der Waals surface area contributed by atoms with E-state index in [2.05, 4.69) is 43.0 Å². The number of hydrogen-bond donors (Lipinski definition) is 2. The molecule has 5 nitrogen and oxygen atoms in total. The maximum atomic E-state index is 8.75. The summed E-state index contributed by atoms with van der Waals surface area (Å²) in [5, 5.41) is 11.8. The Bertz CT molecular complexity index is 605. The SMILES string of the molecule is Cc1cc(C)c(Cn2ccnc2C(N)=NO)c(C)c1. The smallest absolute Gasteiger partial charge is 0.206 e. The number of benzene rings is 1. The van der Waals surface area contributed by atoms with Crippen LogP contribution in [0.1, 0.15) is 28.1 Å². The van der Waals surface area contributed by atoms with Gasteiger partial charge >= 0.3 is 0 Å². The van der Waals surface area contributed by atoms with E-state index in [4.69, 9.17) is 10.9 Å². The molecule has 0 saturated carbocycles. The van der Waals surface area contributed by atoms with Gasteiger partial charge in [-0.25, -0.2) is 4.98 Å². The molecule has 3 N–H and O–H groups in total. The van der Waals surface area contributed by atoms with Crippen LogP contribution in [0.4, 0.5) is 0 Å². The molecule has 2 rings (SSSR count). The topological polar surface area (TPSA) is 76.4 Å². The van der Waals surface area contributed by atoms with Gasteiger partial charge in [-0.1, -0.05) is 22.9 Å². The molecule has 1 aromatic heterocycles. The summed E-state index contributed by atoms with van der Waals surface area (Å²) in [4.78, 5) is 4.11. The van der Waals surface area contributed by atoms with Crippen LogP contribution in [0, 0.1) is 20.8 Å². The minimum absolute atomic E-state index is 0.0208. The number of nitrogens with zero attached hydrogens (tertiary/aromatic N) is 3. The van der Waals surface area contributed by atoms with Gasteiger partial charge < -0.3 is 15.5 Å². The molecule has 0 unspecified atom stereocenters.